The molecule has 1 heterocycles. The summed E-state index contributed by atoms with van der Waals surface area (Å²) in [5, 5.41) is 23.5. The lowest BCUT2D eigenvalue weighted by Gasteiger charge is -2.11. The number of nitrogens with one attached hydrogen (secondary N) is 1. The maximum Gasteiger partial charge on any atom is 0.250 e. The van der Waals surface area contributed by atoms with Gasteiger partial charge in [-0.3, -0.25) is 9.36 Å². The van der Waals surface area contributed by atoms with E-state index < -0.39 is 0 Å². The van der Waals surface area contributed by atoms with Crippen LogP contribution in [0.15, 0.2) is 70.9 Å². The number of rotatable bonds is 8. The van der Waals surface area contributed by atoms with Crippen LogP contribution in [-0.4, -0.2) is 44.9 Å². The number of ether oxygens (including phenoxy) is 1. The third kappa shape index (κ3) is 6.37. The summed E-state index contributed by atoms with van der Waals surface area (Å²) in [5.41, 5.74) is 5.94. The van der Waals surface area contributed by atoms with Gasteiger partial charge in [-0.1, -0.05) is 29.5 Å². The van der Waals surface area contributed by atoms with Crippen LogP contribution in [0, 0.1) is 14.1 Å². The maximum atomic E-state index is 12.5. The van der Waals surface area contributed by atoms with Gasteiger partial charge in [-0.25, -0.2) is 5.43 Å². The second-order valence-electron chi connectivity index (χ2n) is 7.61. The minimum absolute atomic E-state index is 0.0831. The molecule has 0 radical (unpaired) electrons. The van der Waals surface area contributed by atoms with Crippen LogP contribution in [0.3, 0.4) is 0 Å². The van der Waals surface area contributed by atoms with Crippen molar-refractivity contribution in [3.8, 4) is 28.6 Å². The van der Waals surface area contributed by atoms with E-state index in [1.54, 1.807) is 13.2 Å². The molecule has 0 saturated carbocycles. The Hall–Kier alpha value is -2.65. The molecule has 184 valence electrons. The Bertz CT molecular complexity index is 1410. The van der Waals surface area contributed by atoms with Crippen molar-refractivity contribution in [2.75, 3.05) is 12.9 Å². The van der Waals surface area contributed by atoms with Crippen LogP contribution in [-0.2, 0) is 4.79 Å². The second-order valence-corrected chi connectivity index (χ2v) is 11.0. The number of phenols is 1. The lowest BCUT2D eigenvalue weighted by molar-refractivity contribution is -0.118. The van der Waals surface area contributed by atoms with E-state index >= 15 is 0 Å². The molecule has 4 aromatic rings. The molecule has 1 amide bonds. The average molecular weight is 725 g/mol. The van der Waals surface area contributed by atoms with Crippen LogP contribution in [0.4, 0.5) is 0 Å². The number of carbonyl (C=O) groups excluding carboxylic acids is 1. The summed E-state index contributed by atoms with van der Waals surface area (Å²) in [5.74, 6) is 1.31. The average Bonchev–Trinajstić information content (AvgIpc) is 3.30. The highest BCUT2D eigenvalue weighted by molar-refractivity contribution is 14.1. The van der Waals surface area contributed by atoms with Crippen molar-refractivity contribution in [1.82, 2.24) is 20.2 Å². The van der Waals surface area contributed by atoms with Crippen molar-refractivity contribution in [3.05, 3.63) is 78.9 Å². The Labute approximate surface area is 239 Å². The predicted molar refractivity (Wildman–Crippen MR) is 158 cm³/mol. The summed E-state index contributed by atoms with van der Waals surface area (Å²) in [6.07, 6.45) is 1.43. The van der Waals surface area contributed by atoms with Crippen molar-refractivity contribution in [2.45, 2.75) is 12.1 Å². The first kappa shape index (κ1) is 26.4. The van der Waals surface area contributed by atoms with Gasteiger partial charge in [0.1, 0.15) is 11.5 Å². The fourth-order valence-corrected chi connectivity index (χ4v) is 5.87. The zero-order valence-electron chi connectivity index (χ0n) is 19.3. The van der Waals surface area contributed by atoms with Crippen LogP contribution >= 0.6 is 56.9 Å². The summed E-state index contributed by atoms with van der Waals surface area (Å²) in [4.78, 5) is 12.5. The molecular formula is C25H21I2N5O3S. The molecule has 0 saturated heterocycles. The van der Waals surface area contributed by atoms with Gasteiger partial charge in [-0.05, 0) is 101 Å². The van der Waals surface area contributed by atoms with Gasteiger partial charge in [0, 0.05) is 20.4 Å². The molecule has 2 N–H and O–H groups in total. The van der Waals surface area contributed by atoms with Gasteiger partial charge in [0.2, 0.25) is 0 Å². The molecule has 1 aromatic heterocycles. The highest BCUT2D eigenvalue weighted by Gasteiger charge is 2.17. The number of amides is 1. The Balaban J connectivity index is 1.52. The molecule has 11 heteroatoms. The smallest absolute Gasteiger partial charge is 0.250 e. The molecule has 0 fully saturated rings. The summed E-state index contributed by atoms with van der Waals surface area (Å²) in [6, 6.07) is 19.2. The number of hydrazone groups is 1. The Morgan fingerprint density at radius 1 is 1.14 bits per heavy atom. The van der Waals surface area contributed by atoms with E-state index in [9.17, 15) is 9.90 Å². The number of halogens is 2. The first-order chi connectivity index (χ1) is 17.4. The SMILES string of the molecule is COc1ccc(-c2nnc(SCC(=O)N/N=C\c3cc(I)cc(I)c3O)n2-c2ccc(C)cc2)cc1. The number of benzene rings is 3. The first-order valence-electron chi connectivity index (χ1n) is 10.7. The Morgan fingerprint density at radius 3 is 2.56 bits per heavy atom. The van der Waals surface area contributed by atoms with Crippen molar-refractivity contribution in [2.24, 2.45) is 5.10 Å². The van der Waals surface area contributed by atoms with Crippen LogP contribution in [0.25, 0.3) is 17.1 Å². The van der Waals surface area contributed by atoms with Crippen LogP contribution in [0.2, 0.25) is 0 Å². The van der Waals surface area contributed by atoms with Crippen LogP contribution in [0.1, 0.15) is 11.1 Å². The third-order valence-corrected chi connectivity index (χ3v) is 7.43. The van der Waals surface area contributed by atoms with Gasteiger partial charge in [-0.2, -0.15) is 5.10 Å². The molecule has 0 bridgehead atoms. The molecular weight excluding hydrogens is 704 g/mol. The number of phenolic OH excluding ortho intramolecular Hbond substituents is 1. The second kappa shape index (κ2) is 12.1. The van der Waals surface area contributed by atoms with E-state index in [1.807, 2.05) is 66.1 Å². The number of hydrogen-bond donors (Lipinski definition) is 2. The number of methoxy groups -OCH3 is 1. The fraction of sp³-hybridized carbons (Fsp3) is 0.120. The molecule has 3 aromatic carbocycles. The standard InChI is InChI=1S/C25H21I2N5O3S/c1-15-3-7-19(8-4-15)32-24(16-5-9-20(35-2)10-6-16)30-31-25(32)36-14-22(33)29-28-13-17-11-18(26)12-21(27)23(17)34/h3-13,34H,14H2,1-2H3,(H,29,33)/b28-13-. The van der Waals surface area contributed by atoms with E-state index in [0.29, 0.717) is 20.1 Å². The summed E-state index contributed by atoms with van der Waals surface area (Å²) in [6.45, 7) is 2.03. The lowest BCUT2D eigenvalue weighted by Crippen LogP contribution is -2.20. The predicted octanol–water partition coefficient (Wildman–Crippen LogP) is 5.41. The van der Waals surface area contributed by atoms with E-state index in [4.69, 9.17) is 4.74 Å². The van der Waals surface area contributed by atoms with E-state index in [2.05, 4.69) is 65.9 Å². The zero-order chi connectivity index (χ0) is 25.7. The van der Waals surface area contributed by atoms with Gasteiger partial charge in [0.25, 0.3) is 5.91 Å². The minimum atomic E-state index is -0.305. The number of carbonyl (C=O) groups is 1. The van der Waals surface area contributed by atoms with Gasteiger partial charge in [-0.15, -0.1) is 10.2 Å². The first-order valence-corrected chi connectivity index (χ1v) is 13.8. The number of aryl methyl sites for hydroxylation is 1. The number of aromatic nitrogens is 3. The molecule has 0 atom stereocenters. The molecule has 4 rings (SSSR count). The number of aromatic hydroxyl groups is 1. The normalized spacial score (nSPS) is 11.1. The van der Waals surface area contributed by atoms with Crippen molar-refractivity contribution in [1.29, 1.82) is 0 Å². The Kier molecular flexibility index (Phi) is 8.85. The van der Waals surface area contributed by atoms with Gasteiger partial charge in [0.05, 0.1) is 22.6 Å². The highest BCUT2D eigenvalue weighted by Crippen LogP contribution is 2.29. The van der Waals surface area contributed by atoms with Crippen molar-refractivity contribution >= 4 is 69.1 Å². The van der Waals surface area contributed by atoms with E-state index in [-0.39, 0.29) is 17.4 Å². The van der Waals surface area contributed by atoms with E-state index in [1.165, 1.54) is 18.0 Å². The van der Waals surface area contributed by atoms with Gasteiger partial charge >= 0.3 is 0 Å². The van der Waals surface area contributed by atoms with Crippen LogP contribution < -0.4 is 10.2 Å². The largest absolute Gasteiger partial charge is 0.506 e. The molecule has 0 aliphatic heterocycles. The lowest BCUT2D eigenvalue weighted by atomic mass is 10.2. The molecule has 0 spiro atoms. The zero-order valence-corrected chi connectivity index (χ0v) is 24.4. The minimum Gasteiger partial charge on any atom is -0.506 e. The topological polar surface area (TPSA) is 102 Å². The molecule has 0 unspecified atom stereocenters. The number of thioether (sulfide) groups is 1. The molecule has 0 aliphatic rings. The van der Waals surface area contributed by atoms with Crippen molar-refractivity contribution in [3.63, 3.8) is 0 Å². The fourth-order valence-electron chi connectivity index (χ4n) is 3.24. The molecule has 8 nitrogen and oxygen atoms in total. The number of hydrogen-bond acceptors (Lipinski definition) is 7. The summed E-state index contributed by atoms with van der Waals surface area (Å²) >= 11 is 5.47. The van der Waals surface area contributed by atoms with Gasteiger partial charge < -0.3 is 9.84 Å². The number of nitrogens with zero attached hydrogens (tertiary/aromatic N) is 4. The highest BCUT2D eigenvalue weighted by atomic mass is 127. The van der Waals surface area contributed by atoms with E-state index in [0.717, 1.165) is 26.1 Å². The monoisotopic (exact) mass is 725 g/mol. The Morgan fingerprint density at radius 2 is 1.86 bits per heavy atom. The van der Waals surface area contributed by atoms with Gasteiger partial charge in [0.15, 0.2) is 11.0 Å². The third-order valence-electron chi connectivity index (χ3n) is 5.06. The van der Waals surface area contributed by atoms with Crippen LogP contribution in [0.5, 0.6) is 11.5 Å². The summed E-state index contributed by atoms with van der Waals surface area (Å²) < 4.78 is 8.86. The quantitative estimate of drug-likeness (QED) is 0.109. The molecule has 0 aliphatic carbocycles. The summed E-state index contributed by atoms with van der Waals surface area (Å²) in [7, 11) is 1.62. The molecule has 36 heavy (non-hydrogen) atoms. The maximum absolute atomic E-state index is 12.5. The van der Waals surface area contributed by atoms with Crippen molar-refractivity contribution < 1.29 is 14.6 Å².